The fourth-order valence-electron chi connectivity index (χ4n) is 2.48. The highest BCUT2D eigenvalue weighted by molar-refractivity contribution is 5.83. The first-order valence-electron chi connectivity index (χ1n) is 6.63. The number of ether oxygens (including phenoxy) is 1. The van der Waals surface area contributed by atoms with Crippen LogP contribution in [0.5, 0.6) is 5.88 Å². The lowest BCUT2D eigenvalue weighted by atomic mass is 10.3. The molecule has 0 unspecified atom stereocenters. The summed E-state index contributed by atoms with van der Waals surface area (Å²) in [6.45, 7) is 4.07. The van der Waals surface area contributed by atoms with Crippen LogP contribution in [0.4, 0.5) is 5.82 Å². The SMILES string of the molecule is CCCc1nc(C)c2c(N)nc3ccc(OC)nc3n12. The van der Waals surface area contributed by atoms with Gasteiger partial charge in [-0.3, -0.25) is 4.40 Å². The molecule has 0 aliphatic carbocycles. The van der Waals surface area contributed by atoms with Crippen molar-refractivity contribution in [3.63, 3.8) is 0 Å². The smallest absolute Gasteiger partial charge is 0.215 e. The third kappa shape index (κ3) is 1.76. The van der Waals surface area contributed by atoms with Gasteiger partial charge in [0.1, 0.15) is 16.9 Å². The number of pyridine rings is 1. The molecule has 0 bridgehead atoms. The second kappa shape index (κ2) is 4.63. The molecule has 20 heavy (non-hydrogen) atoms. The maximum atomic E-state index is 6.07. The maximum absolute atomic E-state index is 6.07. The number of nitrogens with zero attached hydrogens (tertiary/aromatic N) is 4. The number of imidazole rings is 1. The predicted molar refractivity (Wildman–Crippen MR) is 78.0 cm³/mol. The second-order valence-corrected chi connectivity index (χ2v) is 4.74. The molecule has 0 saturated carbocycles. The molecule has 104 valence electrons. The number of aryl methyl sites for hydroxylation is 2. The predicted octanol–water partition coefficient (Wildman–Crippen LogP) is 2.13. The Kier molecular flexibility index (Phi) is 2.93. The standard InChI is InChI=1S/C14H17N5O/c1-4-5-10-16-8(2)12-13(15)17-9-6-7-11(20-3)18-14(9)19(10)12/h6-7H,4-5H2,1-3H3,(H2,15,17). The van der Waals surface area contributed by atoms with Crippen LogP contribution in [0.3, 0.4) is 0 Å². The van der Waals surface area contributed by atoms with Crippen LogP contribution in [0.15, 0.2) is 12.1 Å². The van der Waals surface area contributed by atoms with E-state index < -0.39 is 0 Å². The minimum atomic E-state index is 0.483. The number of nitrogens with two attached hydrogens (primary N) is 1. The van der Waals surface area contributed by atoms with E-state index in [1.165, 1.54) is 0 Å². The van der Waals surface area contributed by atoms with E-state index >= 15 is 0 Å². The number of rotatable bonds is 3. The molecule has 0 fully saturated rings. The Balaban J connectivity index is 2.47. The Hall–Kier alpha value is -2.37. The van der Waals surface area contributed by atoms with Gasteiger partial charge in [-0.1, -0.05) is 6.92 Å². The Morgan fingerprint density at radius 1 is 1.25 bits per heavy atom. The third-order valence-electron chi connectivity index (χ3n) is 3.33. The molecule has 0 aromatic carbocycles. The largest absolute Gasteiger partial charge is 0.481 e. The van der Waals surface area contributed by atoms with Gasteiger partial charge in [0.15, 0.2) is 11.5 Å². The molecule has 3 heterocycles. The molecule has 0 atom stereocenters. The van der Waals surface area contributed by atoms with E-state index in [2.05, 4.69) is 21.9 Å². The molecule has 6 heteroatoms. The zero-order valence-corrected chi connectivity index (χ0v) is 11.8. The summed E-state index contributed by atoms with van der Waals surface area (Å²) in [5, 5.41) is 0. The number of anilines is 1. The topological polar surface area (TPSA) is 78.3 Å². The van der Waals surface area contributed by atoms with Gasteiger partial charge in [0.25, 0.3) is 0 Å². The van der Waals surface area contributed by atoms with E-state index in [4.69, 9.17) is 10.5 Å². The normalized spacial score (nSPS) is 11.3. The fraction of sp³-hybridized carbons (Fsp3) is 0.357. The van der Waals surface area contributed by atoms with Crippen molar-refractivity contribution in [2.75, 3.05) is 12.8 Å². The summed E-state index contributed by atoms with van der Waals surface area (Å²) in [6, 6.07) is 3.64. The first-order valence-corrected chi connectivity index (χ1v) is 6.63. The highest BCUT2D eigenvalue weighted by Crippen LogP contribution is 2.25. The number of hydrogen-bond acceptors (Lipinski definition) is 5. The van der Waals surface area contributed by atoms with E-state index in [0.717, 1.165) is 41.0 Å². The average molecular weight is 271 g/mol. The first kappa shape index (κ1) is 12.7. The van der Waals surface area contributed by atoms with Crippen molar-refractivity contribution in [3.05, 3.63) is 23.7 Å². The van der Waals surface area contributed by atoms with E-state index in [-0.39, 0.29) is 0 Å². The van der Waals surface area contributed by atoms with Crippen LogP contribution in [-0.4, -0.2) is 26.5 Å². The molecule has 0 saturated heterocycles. The molecule has 6 nitrogen and oxygen atoms in total. The van der Waals surface area contributed by atoms with Crippen LogP contribution >= 0.6 is 0 Å². The van der Waals surface area contributed by atoms with Crippen molar-refractivity contribution < 1.29 is 4.74 Å². The molecule has 0 aliphatic heterocycles. The summed E-state index contributed by atoms with van der Waals surface area (Å²) < 4.78 is 7.20. The Morgan fingerprint density at radius 3 is 2.75 bits per heavy atom. The zero-order chi connectivity index (χ0) is 14.3. The number of fused-ring (bicyclic) bond motifs is 3. The summed E-state index contributed by atoms with van der Waals surface area (Å²) in [4.78, 5) is 13.5. The van der Waals surface area contributed by atoms with Gasteiger partial charge in [-0.2, -0.15) is 4.98 Å². The maximum Gasteiger partial charge on any atom is 0.215 e. The molecule has 3 rings (SSSR count). The minimum Gasteiger partial charge on any atom is -0.481 e. The van der Waals surface area contributed by atoms with Crippen LogP contribution in [0.2, 0.25) is 0 Å². The fourth-order valence-corrected chi connectivity index (χ4v) is 2.48. The monoisotopic (exact) mass is 271 g/mol. The van der Waals surface area contributed by atoms with Gasteiger partial charge in [0.05, 0.1) is 12.8 Å². The van der Waals surface area contributed by atoms with E-state index in [1.54, 1.807) is 13.2 Å². The van der Waals surface area contributed by atoms with Crippen LogP contribution in [0.1, 0.15) is 24.9 Å². The molecule has 0 spiro atoms. The van der Waals surface area contributed by atoms with Crippen molar-refractivity contribution in [2.45, 2.75) is 26.7 Å². The minimum absolute atomic E-state index is 0.483. The van der Waals surface area contributed by atoms with Gasteiger partial charge in [-0.25, -0.2) is 9.97 Å². The highest BCUT2D eigenvalue weighted by atomic mass is 16.5. The van der Waals surface area contributed by atoms with Crippen molar-refractivity contribution in [2.24, 2.45) is 0 Å². The van der Waals surface area contributed by atoms with E-state index in [0.29, 0.717) is 11.7 Å². The third-order valence-corrected chi connectivity index (χ3v) is 3.33. The van der Waals surface area contributed by atoms with Crippen LogP contribution in [0.25, 0.3) is 16.7 Å². The van der Waals surface area contributed by atoms with Crippen LogP contribution < -0.4 is 10.5 Å². The van der Waals surface area contributed by atoms with Crippen molar-refractivity contribution in [3.8, 4) is 5.88 Å². The first-order chi connectivity index (χ1) is 9.65. The van der Waals surface area contributed by atoms with Gasteiger partial charge < -0.3 is 10.5 Å². The lowest BCUT2D eigenvalue weighted by Crippen LogP contribution is -2.04. The van der Waals surface area contributed by atoms with Gasteiger partial charge in [0.2, 0.25) is 5.88 Å². The quantitative estimate of drug-likeness (QED) is 0.789. The highest BCUT2D eigenvalue weighted by Gasteiger charge is 2.16. The number of methoxy groups -OCH3 is 1. The average Bonchev–Trinajstić information content (AvgIpc) is 2.77. The van der Waals surface area contributed by atoms with Crippen LogP contribution in [-0.2, 0) is 6.42 Å². The summed E-state index contributed by atoms with van der Waals surface area (Å²) in [6.07, 6.45) is 1.87. The molecule has 2 N–H and O–H groups in total. The van der Waals surface area contributed by atoms with Gasteiger partial charge in [0, 0.05) is 12.5 Å². The Labute approximate surface area is 116 Å². The van der Waals surface area contributed by atoms with Gasteiger partial charge in [-0.05, 0) is 19.4 Å². The van der Waals surface area contributed by atoms with Crippen molar-refractivity contribution in [1.29, 1.82) is 0 Å². The van der Waals surface area contributed by atoms with Crippen LogP contribution in [0, 0.1) is 6.92 Å². The number of hydrogen-bond donors (Lipinski definition) is 1. The number of aromatic nitrogens is 4. The number of nitrogen functional groups attached to an aromatic ring is 1. The Bertz CT molecular complexity index is 793. The molecule has 0 aliphatic rings. The van der Waals surface area contributed by atoms with Gasteiger partial charge in [-0.15, -0.1) is 0 Å². The van der Waals surface area contributed by atoms with Crippen molar-refractivity contribution in [1.82, 2.24) is 19.4 Å². The molecule has 0 radical (unpaired) electrons. The molecule has 3 aromatic rings. The molecule has 3 aromatic heterocycles. The van der Waals surface area contributed by atoms with Gasteiger partial charge >= 0.3 is 0 Å². The lowest BCUT2D eigenvalue weighted by Gasteiger charge is -2.08. The molecular weight excluding hydrogens is 254 g/mol. The summed E-state index contributed by atoms with van der Waals surface area (Å²) in [7, 11) is 1.60. The van der Waals surface area contributed by atoms with E-state index in [9.17, 15) is 0 Å². The summed E-state index contributed by atoms with van der Waals surface area (Å²) in [5.41, 5.74) is 9.26. The molecule has 0 amide bonds. The second-order valence-electron chi connectivity index (χ2n) is 4.74. The molecular formula is C14H17N5O. The summed E-state index contributed by atoms with van der Waals surface area (Å²) >= 11 is 0. The Morgan fingerprint density at radius 2 is 2.05 bits per heavy atom. The lowest BCUT2D eigenvalue weighted by molar-refractivity contribution is 0.399. The summed E-state index contributed by atoms with van der Waals surface area (Å²) in [5.74, 6) is 2.00. The zero-order valence-electron chi connectivity index (χ0n) is 11.8. The van der Waals surface area contributed by atoms with Crippen molar-refractivity contribution >= 4 is 22.5 Å². The van der Waals surface area contributed by atoms with E-state index in [1.807, 2.05) is 17.4 Å².